The van der Waals surface area contributed by atoms with Crippen molar-refractivity contribution < 1.29 is 67.7 Å². The van der Waals surface area contributed by atoms with Crippen LogP contribution in [0.15, 0.2) is 42.5 Å². The van der Waals surface area contributed by atoms with Crippen molar-refractivity contribution in [3.8, 4) is 23.0 Å². The van der Waals surface area contributed by atoms with E-state index in [9.17, 15) is 63.0 Å². The number of nitrogens with one attached hydrogen (secondary N) is 3. The maximum absolute atomic E-state index is 14.6. The molecule has 272 valence electrons. The molecule has 1 fully saturated rings. The standard InChI is InChI=1S/C31H27BClF2N5O12/c33-22-16(10-18(35)24(43)25(22)44)23(27(45)37-19-9-14-3-6-17(34)21(30(48)49)26(14)52-32(19)51)38-31(50)40-8-7-39(28(46)29(40)47)12-20(42)36-11-13-1-4-15(41)5-2-13/h1-6,10,19,23,41,43-44,51H,7-9,11-12H2,(H,36,42)(H,37,45)(H,38,50)(H,48,49)/t19-,23?/m0/s1. The first-order chi connectivity index (χ1) is 24.6. The average Bonchev–Trinajstić information content (AvgIpc) is 3.10. The maximum atomic E-state index is 14.6. The molecule has 2 aliphatic heterocycles. The number of aromatic hydroxyl groups is 3. The van der Waals surface area contributed by atoms with Gasteiger partial charge < -0.3 is 51.0 Å². The molecule has 1 unspecified atom stereocenters. The second-order valence-electron chi connectivity index (χ2n) is 11.5. The van der Waals surface area contributed by atoms with Gasteiger partial charge in [-0.15, -0.1) is 0 Å². The molecule has 2 heterocycles. The van der Waals surface area contributed by atoms with Crippen molar-refractivity contribution in [2.45, 2.75) is 24.9 Å². The van der Waals surface area contributed by atoms with Gasteiger partial charge in [-0.2, -0.15) is 0 Å². The van der Waals surface area contributed by atoms with Gasteiger partial charge in [-0.1, -0.05) is 29.8 Å². The van der Waals surface area contributed by atoms with E-state index in [1.54, 1.807) is 12.1 Å². The third kappa shape index (κ3) is 7.61. The van der Waals surface area contributed by atoms with Gasteiger partial charge in [-0.3, -0.25) is 24.1 Å². The summed E-state index contributed by atoms with van der Waals surface area (Å²) in [5, 5.41) is 55.5. The fraction of sp³-hybridized carbons (Fsp3) is 0.226. The van der Waals surface area contributed by atoms with Crippen LogP contribution in [0.4, 0.5) is 13.6 Å². The van der Waals surface area contributed by atoms with E-state index in [0.29, 0.717) is 16.5 Å². The van der Waals surface area contributed by atoms with Gasteiger partial charge in [0.15, 0.2) is 17.3 Å². The van der Waals surface area contributed by atoms with Gasteiger partial charge >= 0.3 is 30.9 Å². The summed E-state index contributed by atoms with van der Waals surface area (Å²) >= 11 is 6.11. The summed E-state index contributed by atoms with van der Waals surface area (Å²) in [5.41, 5.74) is -0.835. The van der Waals surface area contributed by atoms with E-state index < -0.39 is 113 Å². The zero-order valence-electron chi connectivity index (χ0n) is 26.4. The molecule has 6 amide bonds. The highest BCUT2D eigenvalue weighted by atomic mass is 35.5. The first-order valence-electron chi connectivity index (χ1n) is 15.1. The number of urea groups is 1. The highest BCUT2D eigenvalue weighted by Gasteiger charge is 2.42. The Morgan fingerprint density at radius 1 is 0.981 bits per heavy atom. The van der Waals surface area contributed by atoms with Crippen LogP contribution >= 0.6 is 11.6 Å². The molecule has 2 aliphatic rings. The third-order valence-electron chi connectivity index (χ3n) is 8.10. The summed E-state index contributed by atoms with van der Waals surface area (Å²) in [6.07, 6.45) is -0.343. The number of fused-ring (bicyclic) bond motifs is 1. The molecule has 8 N–H and O–H groups in total. The predicted octanol–water partition coefficient (Wildman–Crippen LogP) is 0.311. The van der Waals surface area contributed by atoms with Crippen molar-refractivity contribution in [3.05, 3.63) is 81.4 Å². The molecule has 3 aromatic rings. The number of halogens is 3. The summed E-state index contributed by atoms with van der Waals surface area (Å²) < 4.78 is 34.0. The molecule has 2 atom stereocenters. The number of rotatable bonds is 9. The molecular weight excluding hydrogens is 719 g/mol. The number of aromatic carboxylic acids is 1. The van der Waals surface area contributed by atoms with Gasteiger partial charge in [0.05, 0.1) is 11.0 Å². The smallest absolute Gasteiger partial charge is 0.534 e. The van der Waals surface area contributed by atoms with Gasteiger partial charge in [0.2, 0.25) is 11.8 Å². The average molecular weight is 746 g/mol. The fourth-order valence-corrected chi connectivity index (χ4v) is 5.66. The maximum Gasteiger partial charge on any atom is 0.547 e. The van der Waals surface area contributed by atoms with Crippen molar-refractivity contribution in [2.75, 3.05) is 19.6 Å². The molecule has 17 nitrogen and oxygen atoms in total. The van der Waals surface area contributed by atoms with Crippen LogP contribution in [-0.2, 0) is 32.1 Å². The van der Waals surface area contributed by atoms with E-state index >= 15 is 0 Å². The number of amides is 6. The summed E-state index contributed by atoms with van der Waals surface area (Å²) in [4.78, 5) is 78.2. The second-order valence-corrected chi connectivity index (χ2v) is 11.9. The van der Waals surface area contributed by atoms with Crippen LogP contribution in [0.2, 0.25) is 5.02 Å². The Hall–Kier alpha value is -6.15. The number of piperazine rings is 1. The van der Waals surface area contributed by atoms with Crippen molar-refractivity contribution in [1.29, 1.82) is 0 Å². The molecule has 0 aromatic heterocycles. The molecule has 0 radical (unpaired) electrons. The number of carbonyl (C=O) groups excluding carboxylic acids is 5. The topological polar surface area (TPSA) is 255 Å². The van der Waals surface area contributed by atoms with E-state index in [4.69, 9.17) is 16.3 Å². The Morgan fingerprint density at radius 3 is 2.35 bits per heavy atom. The minimum Gasteiger partial charge on any atom is -0.534 e. The normalized spacial score (nSPS) is 16.1. The number of hydrogen-bond donors (Lipinski definition) is 8. The van der Waals surface area contributed by atoms with E-state index in [1.807, 2.05) is 0 Å². The number of hydrogen-bond acceptors (Lipinski definition) is 11. The lowest BCUT2D eigenvalue weighted by molar-refractivity contribution is -0.154. The number of phenols is 3. The van der Waals surface area contributed by atoms with Crippen LogP contribution in [0, 0.1) is 11.6 Å². The van der Waals surface area contributed by atoms with Crippen molar-refractivity contribution >= 4 is 54.3 Å². The molecule has 0 spiro atoms. The highest BCUT2D eigenvalue weighted by Crippen LogP contribution is 2.40. The molecular formula is C31H27BClF2N5O12. The molecule has 5 rings (SSSR count). The van der Waals surface area contributed by atoms with Crippen LogP contribution in [0.25, 0.3) is 0 Å². The highest BCUT2D eigenvalue weighted by molar-refractivity contribution is 6.47. The Bertz CT molecular complexity index is 1990. The van der Waals surface area contributed by atoms with Crippen molar-refractivity contribution in [2.24, 2.45) is 0 Å². The van der Waals surface area contributed by atoms with Gasteiger partial charge in [0, 0.05) is 25.2 Å². The first kappa shape index (κ1) is 37.1. The van der Waals surface area contributed by atoms with Crippen LogP contribution in [0.3, 0.4) is 0 Å². The number of imide groups is 1. The Balaban J connectivity index is 1.32. The van der Waals surface area contributed by atoms with Crippen molar-refractivity contribution in [1.82, 2.24) is 25.8 Å². The molecule has 3 aromatic carbocycles. The Labute approximate surface area is 296 Å². The summed E-state index contributed by atoms with van der Waals surface area (Å²) in [6.45, 7) is -1.31. The largest absolute Gasteiger partial charge is 0.547 e. The van der Waals surface area contributed by atoms with Crippen LogP contribution < -0.4 is 20.6 Å². The van der Waals surface area contributed by atoms with E-state index in [0.717, 1.165) is 17.0 Å². The molecule has 0 saturated carbocycles. The van der Waals surface area contributed by atoms with Gasteiger partial charge in [0.25, 0.3) is 0 Å². The van der Waals surface area contributed by atoms with Gasteiger partial charge in [-0.05, 0) is 41.8 Å². The van der Waals surface area contributed by atoms with E-state index in [1.165, 1.54) is 12.1 Å². The van der Waals surface area contributed by atoms with Gasteiger partial charge in [-0.25, -0.2) is 18.4 Å². The number of phenolic OH excluding ortho intramolecular Hbond substituents is 3. The molecule has 0 aliphatic carbocycles. The molecule has 52 heavy (non-hydrogen) atoms. The monoisotopic (exact) mass is 745 g/mol. The zero-order valence-corrected chi connectivity index (χ0v) is 27.2. The third-order valence-corrected chi connectivity index (χ3v) is 8.50. The first-order valence-corrected chi connectivity index (χ1v) is 15.5. The number of carbonyl (C=O) groups is 6. The summed E-state index contributed by atoms with van der Waals surface area (Å²) in [5.74, 6) is -13.3. The lowest BCUT2D eigenvalue weighted by Crippen LogP contribution is -2.61. The lowest BCUT2D eigenvalue weighted by Gasteiger charge is -2.33. The van der Waals surface area contributed by atoms with Gasteiger partial charge in [0.1, 0.15) is 35.5 Å². The quantitative estimate of drug-likeness (QED) is 0.0837. The van der Waals surface area contributed by atoms with Crippen molar-refractivity contribution in [3.63, 3.8) is 0 Å². The van der Waals surface area contributed by atoms with Crippen LogP contribution in [-0.4, -0.2) is 104 Å². The number of benzene rings is 3. The fourth-order valence-electron chi connectivity index (χ4n) is 5.41. The van der Waals surface area contributed by atoms with E-state index in [2.05, 4.69) is 16.0 Å². The number of carboxylic acids is 1. The summed E-state index contributed by atoms with van der Waals surface area (Å²) in [7, 11) is -1.99. The molecule has 0 bridgehead atoms. The second kappa shape index (κ2) is 15.0. The van der Waals surface area contributed by atoms with Crippen LogP contribution in [0.1, 0.15) is 33.1 Å². The molecule has 1 saturated heterocycles. The van der Waals surface area contributed by atoms with Crippen LogP contribution in [0.5, 0.6) is 23.0 Å². The summed E-state index contributed by atoms with van der Waals surface area (Å²) in [6, 6.07) is 4.92. The minimum absolute atomic E-state index is 0.0183. The SMILES string of the molecule is O=C(CN1CCN(C(=O)NC(C(=O)N[C@H]2Cc3ccc(F)c(C(=O)O)c3OB2O)c2cc(F)c(O)c(O)c2Cl)C(=O)C1=O)NCc1ccc(O)cc1. The zero-order chi connectivity index (χ0) is 38.0. The Morgan fingerprint density at radius 2 is 1.67 bits per heavy atom. The number of carboxylic acid groups (broad SMARTS) is 1. The van der Waals surface area contributed by atoms with E-state index in [-0.39, 0.29) is 30.8 Å². The minimum atomic E-state index is -2.09. The Kier molecular flexibility index (Phi) is 10.7. The molecule has 21 heteroatoms. The number of nitrogens with zero attached hydrogens (tertiary/aromatic N) is 2. The lowest BCUT2D eigenvalue weighted by atomic mass is 9.72. The predicted molar refractivity (Wildman–Crippen MR) is 172 cm³/mol.